The van der Waals surface area contributed by atoms with Gasteiger partial charge in [0, 0.05) is 13.0 Å². The van der Waals surface area contributed by atoms with Crippen LogP contribution in [0.25, 0.3) is 0 Å². The molecule has 0 bridgehead atoms. The van der Waals surface area contributed by atoms with Crippen LogP contribution in [0.15, 0.2) is 0 Å². The summed E-state index contributed by atoms with van der Waals surface area (Å²) < 4.78 is 0. The Morgan fingerprint density at radius 1 is 1.88 bits per heavy atom. The van der Waals surface area contributed by atoms with Crippen molar-refractivity contribution in [3.05, 3.63) is 0 Å². The zero-order valence-corrected chi connectivity index (χ0v) is 5.11. The Kier molecular flexibility index (Phi) is 1.63. The number of hydrogen-bond donors (Lipinski definition) is 1. The molecule has 0 radical (unpaired) electrons. The summed E-state index contributed by atoms with van der Waals surface area (Å²) in [6.07, 6.45) is 1.68. The molecule has 1 heterocycles. The van der Waals surface area contributed by atoms with E-state index in [4.69, 9.17) is 0 Å². The van der Waals surface area contributed by atoms with E-state index in [9.17, 15) is 4.79 Å². The second-order valence-corrected chi connectivity index (χ2v) is 2.13. The number of carbonyl (C=O) groups excluding carboxylic acids is 1. The molecule has 1 aliphatic heterocycles. The summed E-state index contributed by atoms with van der Waals surface area (Å²) in [4.78, 5) is 10.7. The van der Waals surface area contributed by atoms with Gasteiger partial charge in [0.2, 0.25) is 0 Å². The minimum absolute atomic E-state index is 0.176. The van der Waals surface area contributed by atoms with E-state index >= 15 is 0 Å². The molecular formula is C6H11NO. The first-order chi connectivity index (χ1) is 3.84. The topological polar surface area (TPSA) is 29.1 Å². The molecule has 0 spiro atoms. The first-order valence-electron chi connectivity index (χ1n) is 3.10. The number of rotatable bonds is 1. The predicted octanol–water partition coefficient (Wildman–Crippen LogP) is 0.327. The lowest BCUT2D eigenvalue weighted by Gasteiger charge is -2.01. The fraction of sp³-hybridized carbons (Fsp3) is 0.833. The van der Waals surface area contributed by atoms with Crippen LogP contribution in [0.5, 0.6) is 0 Å². The number of nitrogens with one attached hydrogen (secondary N) is 1. The molecule has 2 heteroatoms. The maximum Gasteiger partial charge on any atom is 0.150 e. The van der Waals surface area contributed by atoms with E-state index in [1.165, 1.54) is 0 Å². The minimum atomic E-state index is 0.176. The van der Waals surface area contributed by atoms with Crippen LogP contribution in [0.1, 0.15) is 19.8 Å². The van der Waals surface area contributed by atoms with Crippen LogP contribution < -0.4 is 5.32 Å². The van der Waals surface area contributed by atoms with E-state index in [0.29, 0.717) is 5.78 Å². The third kappa shape index (κ3) is 0.892. The lowest BCUT2D eigenvalue weighted by atomic mass is 10.2. The molecule has 1 saturated heterocycles. The van der Waals surface area contributed by atoms with Crippen molar-refractivity contribution < 1.29 is 4.79 Å². The zero-order valence-electron chi connectivity index (χ0n) is 5.11. The van der Waals surface area contributed by atoms with Gasteiger partial charge in [-0.1, -0.05) is 6.92 Å². The molecule has 1 rings (SSSR count). The van der Waals surface area contributed by atoms with Gasteiger partial charge in [-0.15, -0.1) is 0 Å². The third-order valence-electron chi connectivity index (χ3n) is 1.56. The van der Waals surface area contributed by atoms with Gasteiger partial charge in [-0.2, -0.15) is 0 Å². The first-order valence-corrected chi connectivity index (χ1v) is 3.10. The zero-order chi connectivity index (χ0) is 5.98. The molecular weight excluding hydrogens is 102 g/mol. The average molecular weight is 113 g/mol. The van der Waals surface area contributed by atoms with E-state index in [-0.39, 0.29) is 6.04 Å². The molecule has 1 fully saturated rings. The van der Waals surface area contributed by atoms with Crippen LogP contribution in [0.4, 0.5) is 0 Å². The molecule has 0 aromatic rings. The number of ketones is 1. The van der Waals surface area contributed by atoms with Crippen LogP contribution >= 0.6 is 0 Å². The van der Waals surface area contributed by atoms with Gasteiger partial charge in [0.25, 0.3) is 0 Å². The van der Waals surface area contributed by atoms with Gasteiger partial charge in [-0.25, -0.2) is 0 Å². The quantitative estimate of drug-likeness (QED) is 0.531. The number of hydrogen-bond acceptors (Lipinski definition) is 2. The molecule has 46 valence electrons. The van der Waals surface area contributed by atoms with Crippen molar-refractivity contribution in [1.82, 2.24) is 5.32 Å². The maximum absolute atomic E-state index is 10.7. The largest absolute Gasteiger partial charge is 0.307 e. The smallest absolute Gasteiger partial charge is 0.150 e. The molecule has 0 aromatic carbocycles. The molecule has 8 heavy (non-hydrogen) atoms. The average Bonchev–Trinajstić information content (AvgIpc) is 2.14. The van der Waals surface area contributed by atoms with E-state index in [0.717, 1.165) is 19.4 Å². The van der Waals surface area contributed by atoms with Gasteiger partial charge >= 0.3 is 0 Å². The third-order valence-corrected chi connectivity index (χ3v) is 1.56. The van der Waals surface area contributed by atoms with Crippen LogP contribution in [0.3, 0.4) is 0 Å². The van der Waals surface area contributed by atoms with E-state index in [2.05, 4.69) is 5.32 Å². The summed E-state index contributed by atoms with van der Waals surface area (Å²) in [5, 5.41) is 3.11. The second kappa shape index (κ2) is 2.27. The summed E-state index contributed by atoms with van der Waals surface area (Å²) in [7, 11) is 0. The molecule has 2 nitrogen and oxygen atoms in total. The Balaban J connectivity index is 2.42. The normalized spacial score (nSPS) is 29.1. The lowest BCUT2D eigenvalue weighted by molar-refractivity contribution is -0.118. The summed E-state index contributed by atoms with van der Waals surface area (Å²) in [6, 6.07) is 0.176. The van der Waals surface area contributed by atoms with Crippen molar-refractivity contribution >= 4 is 5.78 Å². The molecule has 1 N–H and O–H groups in total. The van der Waals surface area contributed by atoms with Gasteiger partial charge in [0.05, 0.1) is 6.04 Å². The van der Waals surface area contributed by atoms with Crippen molar-refractivity contribution in [3.8, 4) is 0 Å². The highest BCUT2D eigenvalue weighted by molar-refractivity contribution is 5.85. The highest BCUT2D eigenvalue weighted by Gasteiger charge is 2.20. The fourth-order valence-corrected chi connectivity index (χ4v) is 1.03. The van der Waals surface area contributed by atoms with Gasteiger partial charge in [-0.05, 0) is 6.42 Å². The number of Topliss-reactive ketones (excluding diaryl/α,β-unsaturated/α-hetero) is 1. The van der Waals surface area contributed by atoms with Crippen molar-refractivity contribution in [2.24, 2.45) is 0 Å². The fourth-order valence-electron chi connectivity index (χ4n) is 1.03. The predicted molar refractivity (Wildman–Crippen MR) is 31.7 cm³/mol. The summed E-state index contributed by atoms with van der Waals surface area (Å²) in [5.74, 6) is 0.382. The van der Waals surface area contributed by atoms with Gasteiger partial charge in [0.15, 0.2) is 5.78 Å². The molecule has 0 saturated carbocycles. The van der Waals surface area contributed by atoms with Crippen molar-refractivity contribution in [3.63, 3.8) is 0 Å². The lowest BCUT2D eigenvalue weighted by Crippen LogP contribution is -2.25. The summed E-state index contributed by atoms with van der Waals surface area (Å²) in [5.41, 5.74) is 0. The SMILES string of the molecule is CCC1NCCC1=O. The van der Waals surface area contributed by atoms with Crippen molar-refractivity contribution in [1.29, 1.82) is 0 Å². The summed E-state index contributed by atoms with van der Waals surface area (Å²) in [6.45, 7) is 2.91. The van der Waals surface area contributed by atoms with Crippen molar-refractivity contribution in [2.75, 3.05) is 6.54 Å². The Morgan fingerprint density at radius 2 is 2.62 bits per heavy atom. The number of carbonyl (C=O) groups is 1. The highest BCUT2D eigenvalue weighted by atomic mass is 16.1. The van der Waals surface area contributed by atoms with E-state index < -0.39 is 0 Å². The van der Waals surface area contributed by atoms with E-state index in [1.54, 1.807) is 0 Å². The second-order valence-electron chi connectivity index (χ2n) is 2.13. The van der Waals surface area contributed by atoms with Crippen LogP contribution in [0, 0.1) is 0 Å². The molecule has 0 aromatic heterocycles. The van der Waals surface area contributed by atoms with Crippen LogP contribution in [-0.4, -0.2) is 18.4 Å². The summed E-state index contributed by atoms with van der Waals surface area (Å²) >= 11 is 0. The standard InChI is InChI=1S/C6H11NO/c1-2-5-6(8)3-4-7-5/h5,7H,2-4H2,1H3. The Hall–Kier alpha value is -0.370. The molecule has 1 aliphatic rings. The van der Waals surface area contributed by atoms with Crippen LogP contribution in [0.2, 0.25) is 0 Å². The van der Waals surface area contributed by atoms with Gasteiger partial charge in [0.1, 0.15) is 0 Å². The maximum atomic E-state index is 10.7. The molecule has 0 amide bonds. The molecule has 1 unspecified atom stereocenters. The van der Waals surface area contributed by atoms with Gasteiger partial charge < -0.3 is 5.32 Å². The van der Waals surface area contributed by atoms with Crippen LogP contribution in [-0.2, 0) is 4.79 Å². The minimum Gasteiger partial charge on any atom is -0.307 e. The Morgan fingerprint density at radius 3 is 2.88 bits per heavy atom. The van der Waals surface area contributed by atoms with Gasteiger partial charge in [-0.3, -0.25) is 4.79 Å². The Labute approximate surface area is 49.3 Å². The Bertz CT molecular complexity index is 101. The van der Waals surface area contributed by atoms with E-state index in [1.807, 2.05) is 6.92 Å². The molecule has 0 aliphatic carbocycles. The highest BCUT2D eigenvalue weighted by Crippen LogP contribution is 2.02. The van der Waals surface area contributed by atoms with Crippen molar-refractivity contribution in [2.45, 2.75) is 25.8 Å². The monoisotopic (exact) mass is 113 g/mol. The molecule has 1 atom stereocenters. The first kappa shape index (κ1) is 5.76.